The van der Waals surface area contributed by atoms with Crippen LogP contribution < -0.4 is 0 Å². The minimum absolute atomic E-state index is 0.472. The molecule has 0 N–H and O–H groups in total. The third-order valence-corrected chi connectivity index (χ3v) is 5.99. The van der Waals surface area contributed by atoms with Crippen LogP contribution in [0.5, 0.6) is 0 Å². The summed E-state index contributed by atoms with van der Waals surface area (Å²) < 4.78 is 0. The Labute approximate surface area is 122 Å². The fraction of sp³-hybridized carbons (Fsp3) is 1.00. The van der Waals surface area contributed by atoms with Crippen molar-refractivity contribution in [1.29, 1.82) is 0 Å². The minimum atomic E-state index is 0.472. The number of likely N-dealkylation sites (tertiary alicyclic amines) is 1. The number of hydrogen-bond donors (Lipinski definition) is 0. The molecule has 1 aliphatic heterocycles. The van der Waals surface area contributed by atoms with Crippen molar-refractivity contribution in [2.24, 2.45) is 11.3 Å². The summed E-state index contributed by atoms with van der Waals surface area (Å²) in [5.41, 5.74) is 0.472. The molecule has 2 nitrogen and oxygen atoms in total. The summed E-state index contributed by atoms with van der Waals surface area (Å²) in [6, 6.07) is 0. The fourth-order valence-electron chi connectivity index (χ4n) is 3.03. The third kappa shape index (κ3) is 4.82. The van der Waals surface area contributed by atoms with Crippen LogP contribution in [0, 0.1) is 11.3 Å². The number of piperidine rings is 1. The second-order valence-corrected chi connectivity index (χ2v) is 6.84. The van der Waals surface area contributed by atoms with Crippen molar-refractivity contribution in [2.45, 2.75) is 39.5 Å². The van der Waals surface area contributed by atoms with Crippen LogP contribution in [0.2, 0.25) is 0 Å². The van der Waals surface area contributed by atoms with Gasteiger partial charge in [-0.1, -0.05) is 29.8 Å². The molecule has 0 atom stereocenters. The van der Waals surface area contributed by atoms with Crippen molar-refractivity contribution in [3.63, 3.8) is 0 Å². The van der Waals surface area contributed by atoms with E-state index in [0.29, 0.717) is 5.41 Å². The zero-order valence-electron chi connectivity index (χ0n) is 12.7. The van der Waals surface area contributed by atoms with E-state index in [0.717, 1.165) is 11.2 Å². The molecular formula is C15H31BrN2. The maximum Gasteiger partial charge on any atom is 0.01000 e. The van der Waals surface area contributed by atoms with E-state index < -0.39 is 0 Å². The first-order valence-corrected chi connectivity index (χ1v) is 8.60. The summed E-state index contributed by atoms with van der Waals surface area (Å²) in [4.78, 5) is 5.03. The molecule has 18 heavy (non-hydrogen) atoms. The lowest BCUT2D eigenvalue weighted by Crippen LogP contribution is -2.41. The summed E-state index contributed by atoms with van der Waals surface area (Å²) in [6.07, 6.45) is 5.29. The normalized spacial score (nSPS) is 19.7. The van der Waals surface area contributed by atoms with Gasteiger partial charge in [0.15, 0.2) is 0 Å². The Morgan fingerprint density at radius 3 is 2.22 bits per heavy atom. The largest absolute Gasteiger partial charge is 0.306 e. The average Bonchev–Trinajstić information content (AvgIpc) is 2.39. The van der Waals surface area contributed by atoms with Gasteiger partial charge < -0.3 is 9.80 Å². The molecule has 1 aliphatic rings. The summed E-state index contributed by atoms with van der Waals surface area (Å²) in [7, 11) is 4.55. The summed E-state index contributed by atoms with van der Waals surface area (Å²) in [5, 5.41) is 1.13. The Morgan fingerprint density at radius 1 is 1.22 bits per heavy atom. The van der Waals surface area contributed by atoms with Crippen LogP contribution in [0.3, 0.4) is 0 Å². The summed E-state index contributed by atoms with van der Waals surface area (Å²) in [5.74, 6) is 0.910. The molecule has 1 heterocycles. The second kappa shape index (κ2) is 7.86. The highest BCUT2D eigenvalue weighted by Gasteiger charge is 2.27. The van der Waals surface area contributed by atoms with Gasteiger partial charge in [0.1, 0.15) is 0 Å². The van der Waals surface area contributed by atoms with Gasteiger partial charge >= 0.3 is 0 Å². The monoisotopic (exact) mass is 318 g/mol. The van der Waals surface area contributed by atoms with Crippen molar-refractivity contribution >= 4 is 15.9 Å². The van der Waals surface area contributed by atoms with E-state index in [2.05, 4.69) is 53.7 Å². The van der Waals surface area contributed by atoms with E-state index in [-0.39, 0.29) is 0 Å². The lowest BCUT2D eigenvalue weighted by atomic mass is 9.84. The molecule has 0 unspecified atom stereocenters. The highest BCUT2D eigenvalue weighted by Crippen LogP contribution is 2.30. The fourth-order valence-corrected chi connectivity index (χ4v) is 4.00. The molecule has 1 rings (SSSR count). The molecule has 0 radical (unpaired) electrons. The van der Waals surface area contributed by atoms with Gasteiger partial charge in [0.05, 0.1) is 0 Å². The van der Waals surface area contributed by atoms with Crippen LogP contribution in [0.4, 0.5) is 0 Å². The van der Waals surface area contributed by atoms with Crippen LogP contribution in [0.15, 0.2) is 0 Å². The molecule has 0 amide bonds. The van der Waals surface area contributed by atoms with Crippen molar-refractivity contribution in [3.8, 4) is 0 Å². The molecule has 0 aliphatic carbocycles. The first kappa shape index (κ1) is 16.5. The molecule has 1 saturated heterocycles. The van der Waals surface area contributed by atoms with Gasteiger partial charge in [0.2, 0.25) is 0 Å². The highest BCUT2D eigenvalue weighted by atomic mass is 79.9. The smallest absolute Gasteiger partial charge is 0.01000 e. The molecule has 0 saturated carbocycles. The Morgan fingerprint density at radius 2 is 1.78 bits per heavy atom. The van der Waals surface area contributed by atoms with Crippen LogP contribution in [-0.4, -0.2) is 55.4 Å². The maximum absolute atomic E-state index is 3.72. The zero-order chi connectivity index (χ0) is 13.6. The Kier molecular flexibility index (Phi) is 7.19. The zero-order valence-corrected chi connectivity index (χ0v) is 14.3. The van der Waals surface area contributed by atoms with E-state index in [1.807, 2.05) is 0 Å². The molecule has 0 aromatic heterocycles. The lowest BCUT2D eigenvalue weighted by molar-refractivity contribution is 0.135. The van der Waals surface area contributed by atoms with Gasteiger partial charge in [-0.05, 0) is 64.2 Å². The molecule has 0 spiro atoms. The van der Waals surface area contributed by atoms with E-state index in [4.69, 9.17) is 0 Å². The van der Waals surface area contributed by atoms with Gasteiger partial charge in [0, 0.05) is 18.4 Å². The Bertz CT molecular complexity index is 212. The second-order valence-electron chi connectivity index (χ2n) is 6.28. The Hall–Kier alpha value is 0.400. The summed E-state index contributed by atoms with van der Waals surface area (Å²) in [6.45, 7) is 9.73. The maximum atomic E-state index is 3.72. The predicted octanol–water partition coefficient (Wildman–Crippen LogP) is 3.46. The lowest BCUT2D eigenvalue weighted by Gasteiger charge is -2.37. The number of nitrogens with zero attached hydrogens (tertiary/aromatic N) is 2. The van der Waals surface area contributed by atoms with E-state index in [9.17, 15) is 0 Å². The standard InChI is InChI=1S/C15H31BrN2/c1-5-15(6-2,12-16)13-18(4)11-14-7-9-17(3)10-8-14/h14H,5-13H2,1-4H3. The van der Waals surface area contributed by atoms with Gasteiger partial charge in [-0.2, -0.15) is 0 Å². The van der Waals surface area contributed by atoms with Crippen molar-refractivity contribution < 1.29 is 0 Å². The molecule has 0 aromatic rings. The highest BCUT2D eigenvalue weighted by molar-refractivity contribution is 9.09. The van der Waals surface area contributed by atoms with Gasteiger partial charge in [-0.25, -0.2) is 0 Å². The molecule has 1 fully saturated rings. The molecular weight excluding hydrogens is 288 g/mol. The van der Waals surface area contributed by atoms with E-state index >= 15 is 0 Å². The van der Waals surface area contributed by atoms with Crippen molar-refractivity contribution in [1.82, 2.24) is 9.80 Å². The van der Waals surface area contributed by atoms with Crippen LogP contribution >= 0.6 is 15.9 Å². The van der Waals surface area contributed by atoms with E-state index in [1.54, 1.807) is 0 Å². The molecule has 3 heteroatoms. The Balaban J connectivity index is 2.38. The molecule has 108 valence electrons. The van der Waals surface area contributed by atoms with Crippen molar-refractivity contribution in [2.75, 3.05) is 45.6 Å². The van der Waals surface area contributed by atoms with Crippen LogP contribution in [-0.2, 0) is 0 Å². The topological polar surface area (TPSA) is 6.48 Å². The number of hydrogen-bond acceptors (Lipinski definition) is 2. The van der Waals surface area contributed by atoms with Gasteiger partial charge in [0.25, 0.3) is 0 Å². The molecule has 0 aromatic carbocycles. The first-order valence-electron chi connectivity index (χ1n) is 7.48. The number of halogens is 1. The SMILES string of the molecule is CCC(CC)(CBr)CN(C)CC1CCN(C)CC1. The number of alkyl halides is 1. The van der Waals surface area contributed by atoms with Gasteiger partial charge in [-0.3, -0.25) is 0 Å². The van der Waals surface area contributed by atoms with Crippen LogP contribution in [0.1, 0.15) is 39.5 Å². The quantitative estimate of drug-likeness (QED) is 0.663. The third-order valence-electron chi connectivity index (χ3n) is 4.80. The average molecular weight is 319 g/mol. The van der Waals surface area contributed by atoms with E-state index in [1.165, 1.54) is 51.9 Å². The predicted molar refractivity (Wildman–Crippen MR) is 84.5 cm³/mol. The van der Waals surface area contributed by atoms with Crippen molar-refractivity contribution in [3.05, 3.63) is 0 Å². The number of rotatable bonds is 7. The van der Waals surface area contributed by atoms with Crippen LogP contribution in [0.25, 0.3) is 0 Å². The van der Waals surface area contributed by atoms with Gasteiger partial charge in [-0.15, -0.1) is 0 Å². The minimum Gasteiger partial charge on any atom is -0.306 e. The first-order chi connectivity index (χ1) is 8.55. The summed E-state index contributed by atoms with van der Waals surface area (Å²) >= 11 is 3.72. The molecule has 0 bridgehead atoms.